The molecule has 0 unspecified atom stereocenters. The van der Waals surface area contributed by atoms with Crippen LogP contribution in [0.2, 0.25) is 15.1 Å². The molecule has 1 aromatic heterocycles. The highest BCUT2D eigenvalue weighted by atomic mass is 35.5. The summed E-state index contributed by atoms with van der Waals surface area (Å²) in [5.41, 5.74) is 1.73. The van der Waals surface area contributed by atoms with Gasteiger partial charge in [-0.2, -0.15) is 5.10 Å². The van der Waals surface area contributed by atoms with Crippen molar-refractivity contribution in [3.8, 4) is 0 Å². The summed E-state index contributed by atoms with van der Waals surface area (Å²) >= 11 is 23.3. The van der Waals surface area contributed by atoms with E-state index in [1.807, 2.05) is 36.5 Å². The Labute approximate surface area is 165 Å². The van der Waals surface area contributed by atoms with Gasteiger partial charge < -0.3 is 10.6 Å². The minimum absolute atomic E-state index is 0.376. The van der Waals surface area contributed by atoms with Crippen molar-refractivity contribution >= 4 is 63.6 Å². The summed E-state index contributed by atoms with van der Waals surface area (Å²) < 4.78 is 1.81. The number of rotatable bonds is 4. The Morgan fingerprint density at radius 3 is 2.52 bits per heavy atom. The molecule has 0 aliphatic heterocycles. The number of hydrogen-bond donors (Lipinski definition) is 2. The van der Waals surface area contributed by atoms with Crippen LogP contribution in [0.25, 0.3) is 0 Å². The maximum absolute atomic E-state index is 6.13. The summed E-state index contributed by atoms with van der Waals surface area (Å²) in [6.07, 6.45) is 1.87. The average Bonchev–Trinajstić information content (AvgIpc) is 3.01. The fraction of sp³-hybridized carbons (Fsp3) is 0.0588. The quantitative estimate of drug-likeness (QED) is 0.540. The van der Waals surface area contributed by atoms with Gasteiger partial charge in [-0.15, -0.1) is 0 Å². The van der Waals surface area contributed by atoms with E-state index < -0.39 is 0 Å². The molecule has 128 valence electrons. The molecule has 2 N–H and O–H groups in total. The third-order valence-corrected chi connectivity index (χ3v) is 4.61. The van der Waals surface area contributed by atoms with Crippen LogP contribution in [-0.2, 0) is 6.54 Å². The van der Waals surface area contributed by atoms with E-state index in [9.17, 15) is 0 Å². The normalized spacial score (nSPS) is 10.5. The summed E-state index contributed by atoms with van der Waals surface area (Å²) in [6.45, 7) is 0.638. The number of benzene rings is 2. The highest BCUT2D eigenvalue weighted by Crippen LogP contribution is 2.29. The molecule has 0 saturated heterocycles. The molecule has 0 saturated carbocycles. The van der Waals surface area contributed by atoms with Crippen LogP contribution in [0.3, 0.4) is 0 Å². The molecule has 0 aliphatic carbocycles. The van der Waals surface area contributed by atoms with Gasteiger partial charge in [0.1, 0.15) is 0 Å². The van der Waals surface area contributed by atoms with Gasteiger partial charge in [-0.05, 0) is 42.0 Å². The van der Waals surface area contributed by atoms with Gasteiger partial charge in [0.25, 0.3) is 0 Å². The minimum Gasteiger partial charge on any atom is -0.331 e. The van der Waals surface area contributed by atoms with Crippen molar-refractivity contribution < 1.29 is 0 Å². The summed E-state index contributed by atoms with van der Waals surface area (Å²) in [7, 11) is 0. The average molecular weight is 412 g/mol. The van der Waals surface area contributed by atoms with Gasteiger partial charge in [-0.1, -0.05) is 53.0 Å². The first-order valence-electron chi connectivity index (χ1n) is 7.31. The van der Waals surface area contributed by atoms with Crippen LogP contribution in [0, 0.1) is 0 Å². The first-order chi connectivity index (χ1) is 12.0. The third-order valence-electron chi connectivity index (χ3n) is 3.34. The van der Waals surface area contributed by atoms with E-state index in [-0.39, 0.29) is 0 Å². The van der Waals surface area contributed by atoms with Crippen LogP contribution in [-0.4, -0.2) is 14.9 Å². The van der Waals surface area contributed by atoms with Crippen molar-refractivity contribution in [2.45, 2.75) is 6.54 Å². The molecule has 3 rings (SSSR count). The lowest BCUT2D eigenvalue weighted by atomic mass is 10.2. The van der Waals surface area contributed by atoms with Gasteiger partial charge in [0.05, 0.1) is 22.3 Å². The van der Waals surface area contributed by atoms with E-state index in [0.29, 0.717) is 38.2 Å². The minimum atomic E-state index is 0.376. The molecule has 0 spiro atoms. The number of aromatic nitrogens is 2. The molecule has 8 heteroatoms. The van der Waals surface area contributed by atoms with Crippen molar-refractivity contribution in [3.05, 3.63) is 75.4 Å². The van der Waals surface area contributed by atoms with E-state index in [4.69, 9.17) is 47.0 Å². The SMILES string of the molecule is S=C(Nc1ccn(Cc2ccc(Cl)cc2)n1)Nc1cccc(Cl)c1Cl. The Balaban J connectivity index is 1.61. The number of hydrogen-bond acceptors (Lipinski definition) is 2. The monoisotopic (exact) mass is 410 g/mol. The van der Waals surface area contributed by atoms with E-state index in [2.05, 4.69) is 15.7 Å². The van der Waals surface area contributed by atoms with E-state index in [1.165, 1.54) is 0 Å². The summed E-state index contributed by atoms with van der Waals surface area (Å²) in [5.74, 6) is 0.629. The molecule has 0 aliphatic rings. The van der Waals surface area contributed by atoms with Crippen LogP contribution in [0.15, 0.2) is 54.7 Å². The Kier molecular flexibility index (Phi) is 5.81. The first kappa shape index (κ1) is 18.0. The molecule has 2 aromatic carbocycles. The maximum Gasteiger partial charge on any atom is 0.176 e. The van der Waals surface area contributed by atoms with E-state index in [0.717, 1.165) is 5.56 Å². The molecular formula is C17H13Cl3N4S. The van der Waals surface area contributed by atoms with Crippen molar-refractivity contribution in [3.63, 3.8) is 0 Å². The first-order valence-corrected chi connectivity index (χ1v) is 8.85. The van der Waals surface area contributed by atoms with Gasteiger partial charge in [-0.3, -0.25) is 4.68 Å². The van der Waals surface area contributed by atoms with Crippen LogP contribution in [0.1, 0.15) is 5.56 Å². The Morgan fingerprint density at radius 1 is 1.00 bits per heavy atom. The Morgan fingerprint density at radius 2 is 1.76 bits per heavy atom. The van der Waals surface area contributed by atoms with Crippen molar-refractivity contribution in [1.82, 2.24) is 9.78 Å². The predicted molar refractivity (Wildman–Crippen MR) is 109 cm³/mol. The molecule has 0 bridgehead atoms. The number of thiocarbonyl (C=S) groups is 1. The van der Waals surface area contributed by atoms with E-state index >= 15 is 0 Å². The highest BCUT2D eigenvalue weighted by Gasteiger charge is 2.07. The second-order valence-electron chi connectivity index (χ2n) is 5.21. The predicted octanol–water partition coefficient (Wildman–Crippen LogP) is 5.70. The van der Waals surface area contributed by atoms with Gasteiger partial charge >= 0.3 is 0 Å². The molecule has 25 heavy (non-hydrogen) atoms. The van der Waals surface area contributed by atoms with Crippen LogP contribution in [0.5, 0.6) is 0 Å². The van der Waals surface area contributed by atoms with Crippen LogP contribution < -0.4 is 10.6 Å². The standard InChI is InChI=1S/C17H13Cl3N4S/c18-12-6-4-11(5-7-12)10-24-9-8-15(23-24)22-17(25)21-14-3-1-2-13(19)16(14)20/h1-9H,10H2,(H2,21,22,23,25). The number of nitrogens with one attached hydrogen (secondary N) is 2. The zero-order valence-corrected chi connectivity index (χ0v) is 15.9. The van der Waals surface area contributed by atoms with E-state index in [1.54, 1.807) is 22.9 Å². The second kappa shape index (κ2) is 8.06. The van der Waals surface area contributed by atoms with Crippen molar-refractivity contribution in [1.29, 1.82) is 0 Å². The number of anilines is 2. The lowest BCUT2D eigenvalue weighted by Gasteiger charge is -2.10. The second-order valence-corrected chi connectivity index (χ2v) is 6.84. The molecule has 0 amide bonds. The van der Waals surface area contributed by atoms with Gasteiger partial charge in [0, 0.05) is 17.3 Å². The Hall–Kier alpha value is -1.79. The van der Waals surface area contributed by atoms with Crippen molar-refractivity contribution in [2.75, 3.05) is 10.6 Å². The van der Waals surface area contributed by atoms with Crippen LogP contribution >= 0.6 is 47.0 Å². The van der Waals surface area contributed by atoms with Gasteiger partial charge in [0.15, 0.2) is 10.9 Å². The van der Waals surface area contributed by atoms with Crippen LogP contribution in [0.4, 0.5) is 11.5 Å². The topological polar surface area (TPSA) is 41.9 Å². The molecule has 4 nitrogen and oxygen atoms in total. The lowest BCUT2D eigenvalue weighted by Crippen LogP contribution is -2.19. The largest absolute Gasteiger partial charge is 0.331 e. The summed E-state index contributed by atoms with van der Waals surface area (Å²) in [5, 5.41) is 12.4. The highest BCUT2D eigenvalue weighted by molar-refractivity contribution is 7.80. The molecule has 0 radical (unpaired) electrons. The summed E-state index contributed by atoms with van der Waals surface area (Å²) in [4.78, 5) is 0. The zero-order valence-electron chi connectivity index (χ0n) is 12.8. The molecule has 1 heterocycles. The molecule has 3 aromatic rings. The Bertz CT molecular complexity index is 893. The smallest absolute Gasteiger partial charge is 0.176 e. The van der Waals surface area contributed by atoms with Gasteiger partial charge in [0.2, 0.25) is 0 Å². The molecular weight excluding hydrogens is 399 g/mol. The number of halogens is 3. The van der Waals surface area contributed by atoms with Gasteiger partial charge in [-0.25, -0.2) is 0 Å². The van der Waals surface area contributed by atoms with Crippen molar-refractivity contribution in [2.24, 2.45) is 0 Å². The third kappa shape index (κ3) is 4.86. The molecule has 0 fully saturated rings. The lowest BCUT2D eigenvalue weighted by molar-refractivity contribution is 0.690. The molecule has 0 atom stereocenters. The number of nitrogens with zero attached hydrogens (tertiary/aromatic N) is 2. The summed E-state index contributed by atoms with van der Waals surface area (Å²) in [6, 6.07) is 14.8. The maximum atomic E-state index is 6.13. The fourth-order valence-electron chi connectivity index (χ4n) is 2.16. The fourth-order valence-corrected chi connectivity index (χ4v) is 2.85. The zero-order chi connectivity index (χ0) is 17.8.